The van der Waals surface area contributed by atoms with Crippen molar-refractivity contribution in [1.29, 1.82) is 0 Å². The number of ether oxygens (including phenoxy) is 2. The van der Waals surface area contributed by atoms with Gasteiger partial charge in [-0.05, 0) is 31.2 Å². The van der Waals surface area contributed by atoms with Gasteiger partial charge in [0.1, 0.15) is 17.7 Å². The molecule has 1 aliphatic heterocycles. The zero-order valence-corrected chi connectivity index (χ0v) is 12.9. The Labute approximate surface area is 132 Å². The Morgan fingerprint density at radius 2 is 1.43 bits per heavy atom. The van der Waals surface area contributed by atoms with E-state index in [-0.39, 0.29) is 0 Å². The number of hydrogen-bond acceptors (Lipinski definition) is 6. The molecule has 2 aromatic rings. The second kappa shape index (κ2) is 5.53. The van der Waals surface area contributed by atoms with Gasteiger partial charge in [0.25, 0.3) is 11.8 Å². The van der Waals surface area contributed by atoms with E-state index in [1.165, 1.54) is 21.1 Å². The number of benzene rings is 2. The van der Waals surface area contributed by atoms with Crippen LogP contribution < -0.4 is 14.9 Å². The van der Waals surface area contributed by atoms with Crippen LogP contribution in [0, 0.1) is 0 Å². The molecule has 0 saturated carbocycles. The second-order valence-electron chi connectivity index (χ2n) is 5.13. The van der Waals surface area contributed by atoms with Gasteiger partial charge in [0, 0.05) is 5.39 Å². The summed E-state index contributed by atoms with van der Waals surface area (Å²) in [6, 6.07) is 6.49. The molecule has 2 amide bonds. The number of hydrazine groups is 1. The van der Waals surface area contributed by atoms with Gasteiger partial charge < -0.3 is 14.6 Å². The smallest absolute Gasteiger partial charge is 0.276 e. The van der Waals surface area contributed by atoms with Gasteiger partial charge in [0.15, 0.2) is 0 Å². The predicted molar refractivity (Wildman–Crippen MR) is 82.4 cm³/mol. The third kappa shape index (κ3) is 2.21. The van der Waals surface area contributed by atoms with Gasteiger partial charge in [-0.15, -0.1) is 0 Å². The predicted octanol–water partition coefficient (Wildman–Crippen LogP) is 1.30. The number of hydrogen-bond donors (Lipinski definition) is 2. The Morgan fingerprint density at radius 3 is 1.83 bits per heavy atom. The number of aliphatic hydroxyl groups is 1. The molecule has 1 atom stereocenters. The molecule has 1 unspecified atom stereocenters. The van der Waals surface area contributed by atoms with E-state index < -0.39 is 18.0 Å². The topological polar surface area (TPSA) is 88.1 Å². The first-order chi connectivity index (χ1) is 11.0. The number of nitrogens with one attached hydrogen (secondary N) is 1. The standard InChI is InChI=1S/C16H16N2O5/c1-8(19)17-18-15(20)9-4-6-11(22-2)14-12(23-3)7-5-10(13(9)14)16(18)21/h4-8,17,19H,1-3H3. The van der Waals surface area contributed by atoms with E-state index in [1.807, 2.05) is 0 Å². The highest BCUT2D eigenvalue weighted by molar-refractivity contribution is 6.26. The molecule has 2 N–H and O–H groups in total. The van der Waals surface area contributed by atoms with Crippen molar-refractivity contribution in [1.82, 2.24) is 10.4 Å². The molecule has 0 radical (unpaired) electrons. The van der Waals surface area contributed by atoms with Gasteiger partial charge in [-0.1, -0.05) is 0 Å². The third-order valence-electron chi connectivity index (χ3n) is 3.71. The molecule has 0 aliphatic carbocycles. The lowest BCUT2D eigenvalue weighted by Gasteiger charge is -2.29. The Bertz CT molecular complexity index is 757. The van der Waals surface area contributed by atoms with Crippen LogP contribution in [-0.4, -0.2) is 42.4 Å². The van der Waals surface area contributed by atoms with Gasteiger partial charge in [-0.3, -0.25) is 9.59 Å². The lowest BCUT2D eigenvalue weighted by atomic mass is 9.93. The van der Waals surface area contributed by atoms with Crippen LogP contribution in [-0.2, 0) is 0 Å². The van der Waals surface area contributed by atoms with Crippen LogP contribution in [0.2, 0.25) is 0 Å². The number of amides is 2. The SMILES string of the molecule is COc1ccc2c3c(ccc(OC)c13)C(=O)N(NC(C)O)C2=O. The minimum Gasteiger partial charge on any atom is -0.496 e. The first kappa shape index (κ1) is 15.3. The van der Waals surface area contributed by atoms with E-state index in [1.54, 1.807) is 24.3 Å². The first-order valence-corrected chi connectivity index (χ1v) is 7.00. The lowest BCUT2D eigenvalue weighted by molar-refractivity contribution is 0.0281. The number of methoxy groups -OCH3 is 2. The highest BCUT2D eigenvalue weighted by Gasteiger charge is 2.35. The number of carbonyl (C=O) groups is 2. The van der Waals surface area contributed by atoms with Crippen LogP contribution in [0.5, 0.6) is 11.5 Å². The second-order valence-corrected chi connectivity index (χ2v) is 5.13. The van der Waals surface area contributed by atoms with E-state index in [2.05, 4.69) is 5.43 Å². The van der Waals surface area contributed by atoms with E-state index in [4.69, 9.17) is 9.47 Å². The molecule has 0 fully saturated rings. The van der Waals surface area contributed by atoms with Crippen LogP contribution >= 0.6 is 0 Å². The summed E-state index contributed by atoms with van der Waals surface area (Å²) in [5.74, 6) is -0.0476. The molecule has 7 heteroatoms. The molecule has 0 saturated heterocycles. The third-order valence-corrected chi connectivity index (χ3v) is 3.71. The summed E-state index contributed by atoms with van der Waals surface area (Å²) in [5.41, 5.74) is 3.12. The van der Waals surface area contributed by atoms with Crippen LogP contribution in [0.3, 0.4) is 0 Å². The van der Waals surface area contributed by atoms with E-state index in [0.717, 1.165) is 5.01 Å². The molecular weight excluding hydrogens is 300 g/mol. The minimum absolute atomic E-state index is 0.336. The van der Waals surface area contributed by atoms with Crippen LogP contribution in [0.25, 0.3) is 10.8 Å². The molecule has 0 spiro atoms. The van der Waals surface area contributed by atoms with Gasteiger partial charge in [-0.25, -0.2) is 5.01 Å². The van der Waals surface area contributed by atoms with Crippen molar-refractivity contribution in [3.8, 4) is 11.5 Å². The molecule has 120 valence electrons. The van der Waals surface area contributed by atoms with Crippen molar-refractivity contribution >= 4 is 22.6 Å². The fourth-order valence-electron chi connectivity index (χ4n) is 2.77. The zero-order chi connectivity index (χ0) is 16.7. The number of aliphatic hydroxyl groups excluding tert-OH is 1. The van der Waals surface area contributed by atoms with Crippen molar-refractivity contribution in [2.24, 2.45) is 0 Å². The average Bonchev–Trinajstić information content (AvgIpc) is 2.55. The Balaban J connectivity index is 2.33. The summed E-state index contributed by atoms with van der Waals surface area (Å²) in [7, 11) is 3.02. The summed E-state index contributed by atoms with van der Waals surface area (Å²) in [6.45, 7) is 1.42. The molecule has 3 rings (SSSR count). The quantitative estimate of drug-likeness (QED) is 0.653. The Hall–Kier alpha value is -2.64. The van der Waals surface area contributed by atoms with Crippen molar-refractivity contribution in [2.75, 3.05) is 14.2 Å². The number of carbonyl (C=O) groups excluding carboxylic acids is 2. The minimum atomic E-state index is -1.04. The summed E-state index contributed by atoms with van der Waals surface area (Å²) < 4.78 is 10.7. The van der Waals surface area contributed by atoms with Crippen LogP contribution in [0.15, 0.2) is 24.3 Å². The van der Waals surface area contributed by atoms with Crippen molar-refractivity contribution < 1.29 is 24.2 Å². The van der Waals surface area contributed by atoms with Crippen molar-refractivity contribution in [3.05, 3.63) is 35.4 Å². The number of rotatable bonds is 4. The molecular formula is C16H16N2O5. The number of imide groups is 1. The molecule has 2 aromatic carbocycles. The molecule has 7 nitrogen and oxygen atoms in total. The largest absolute Gasteiger partial charge is 0.496 e. The molecule has 0 aromatic heterocycles. The zero-order valence-electron chi connectivity index (χ0n) is 12.9. The normalized spacial score (nSPS) is 15.0. The monoisotopic (exact) mass is 316 g/mol. The lowest BCUT2D eigenvalue weighted by Crippen LogP contribution is -2.52. The summed E-state index contributed by atoms with van der Waals surface area (Å²) >= 11 is 0. The average molecular weight is 316 g/mol. The van der Waals surface area contributed by atoms with Crippen LogP contribution in [0.1, 0.15) is 27.6 Å². The van der Waals surface area contributed by atoms with Gasteiger partial charge in [0.2, 0.25) is 0 Å². The maximum Gasteiger partial charge on any atom is 0.276 e. The molecule has 0 bridgehead atoms. The fourth-order valence-corrected chi connectivity index (χ4v) is 2.77. The summed E-state index contributed by atoms with van der Waals surface area (Å²) in [5, 5.41) is 11.3. The van der Waals surface area contributed by atoms with E-state index >= 15 is 0 Å². The maximum atomic E-state index is 12.6. The fraction of sp³-hybridized carbons (Fsp3) is 0.250. The van der Waals surface area contributed by atoms with Gasteiger partial charge in [0.05, 0.1) is 30.7 Å². The summed E-state index contributed by atoms with van der Waals surface area (Å²) in [4.78, 5) is 25.2. The Kier molecular flexibility index (Phi) is 3.67. The highest BCUT2D eigenvalue weighted by atomic mass is 16.5. The van der Waals surface area contributed by atoms with Crippen molar-refractivity contribution in [3.63, 3.8) is 0 Å². The molecule has 23 heavy (non-hydrogen) atoms. The van der Waals surface area contributed by atoms with E-state index in [9.17, 15) is 14.7 Å². The van der Waals surface area contributed by atoms with E-state index in [0.29, 0.717) is 33.4 Å². The van der Waals surface area contributed by atoms with Crippen LogP contribution in [0.4, 0.5) is 0 Å². The van der Waals surface area contributed by atoms with Gasteiger partial charge in [-0.2, -0.15) is 5.43 Å². The van der Waals surface area contributed by atoms with Crippen molar-refractivity contribution in [2.45, 2.75) is 13.2 Å². The molecule has 1 heterocycles. The Morgan fingerprint density at radius 1 is 0.957 bits per heavy atom. The summed E-state index contributed by atoms with van der Waals surface area (Å²) in [6.07, 6.45) is -1.04. The first-order valence-electron chi connectivity index (χ1n) is 7.00. The molecule has 1 aliphatic rings. The van der Waals surface area contributed by atoms with Gasteiger partial charge >= 0.3 is 0 Å². The number of nitrogens with zero attached hydrogens (tertiary/aromatic N) is 1. The maximum absolute atomic E-state index is 12.6. The highest BCUT2D eigenvalue weighted by Crippen LogP contribution is 2.40.